The third kappa shape index (κ3) is 3.22. The van der Waals surface area contributed by atoms with Crippen LogP contribution in [0.15, 0.2) is 48.7 Å². The lowest BCUT2D eigenvalue weighted by Crippen LogP contribution is -2.29. The summed E-state index contributed by atoms with van der Waals surface area (Å²) in [5, 5.41) is 0.655. The van der Waals surface area contributed by atoms with Gasteiger partial charge in [-0.3, -0.25) is 0 Å². The minimum Gasteiger partial charge on any atom is -0.350 e. The van der Waals surface area contributed by atoms with Gasteiger partial charge in [0.1, 0.15) is 5.82 Å². The molecule has 4 heteroatoms. The van der Waals surface area contributed by atoms with Crippen molar-refractivity contribution < 1.29 is 0 Å². The van der Waals surface area contributed by atoms with Crippen molar-refractivity contribution in [2.75, 3.05) is 18.0 Å². The molecule has 1 heterocycles. The Kier molecular flexibility index (Phi) is 4.56. The molecule has 2 N–H and O–H groups in total. The summed E-state index contributed by atoms with van der Waals surface area (Å²) < 4.78 is 0. The molecule has 0 bridgehead atoms. The molecule has 0 amide bonds. The number of hydrogen-bond acceptors (Lipinski definition) is 3. The lowest BCUT2D eigenvalue weighted by Gasteiger charge is -2.24. The summed E-state index contributed by atoms with van der Waals surface area (Å²) in [5.74, 6) is 0.786. The summed E-state index contributed by atoms with van der Waals surface area (Å²) >= 11 is 6.18. The Morgan fingerprint density at radius 1 is 1.11 bits per heavy atom. The highest BCUT2D eigenvalue weighted by atomic mass is 35.5. The van der Waals surface area contributed by atoms with Gasteiger partial charge < -0.3 is 10.6 Å². The van der Waals surface area contributed by atoms with E-state index in [0.717, 1.165) is 18.9 Å². The van der Waals surface area contributed by atoms with Gasteiger partial charge in [-0.05, 0) is 17.7 Å². The topological polar surface area (TPSA) is 42.1 Å². The van der Waals surface area contributed by atoms with Gasteiger partial charge in [-0.25, -0.2) is 4.98 Å². The summed E-state index contributed by atoms with van der Waals surface area (Å²) in [4.78, 5) is 6.43. The number of benzene rings is 1. The van der Waals surface area contributed by atoms with Crippen LogP contribution in [0.1, 0.15) is 5.56 Å². The second-order valence-corrected chi connectivity index (χ2v) is 4.41. The monoisotopic (exact) mass is 261 g/mol. The average Bonchev–Trinajstić information content (AvgIpc) is 2.40. The molecule has 0 radical (unpaired) electrons. The number of anilines is 1. The zero-order valence-corrected chi connectivity index (χ0v) is 10.8. The summed E-state index contributed by atoms with van der Waals surface area (Å²) in [6, 6.07) is 13.9. The molecule has 0 spiro atoms. The molecule has 0 saturated heterocycles. The standard InChI is InChI=1S/C14H16ClN3/c15-13-7-4-9-17-14(13)18(10-8-16)11-12-5-2-1-3-6-12/h1-7,9H,8,10-11,16H2. The Morgan fingerprint density at radius 2 is 1.89 bits per heavy atom. The fourth-order valence-corrected chi connectivity index (χ4v) is 2.07. The van der Waals surface area contributed by atoms with Crippen molar-refractivity contribution in [1.29, 1.82) is 0 Å². The molecule has 94 valence electrons. The van der Waals surface area contributed by atoms with Crippen LogP contribution in [0, 0.1) is 0 Å². The Morgan fingerprint density at radius 3 is 2.56 bits per heavy atom. The molecule has 0 aliphatic heterocycles. The third-order valence-corrected chi connectivity index (χ3v) is 2.95. The lowest BCUT2D eigenvalue weighted by atomic mass is 10.2. The Balaban J connectivity index is 2.21. The van der Waals surface area contributed by atoms with Crippen LogP contribution in [0.2, 0.25) is 5.02 Å². The van der Waals surface area contributed by atoms with Gasteiger partial charge in [-0.1, -0.05) is 41.9 Å². The van der Waals surface area contributed by atoms with Gasteiger partial charge in [0.15, 0.2) is 0 Å². The van der Waals surface area contributed by atoms with Crippen LogP contribution < -0.4 is 10.6 Å². The molecule has 0 unspecified atom stereocenters. The maximum Gasteiger partial charge on any atom is 0.147 e. The van der Waals surface area contributed by atoms with Crippen molar-refractivity contribution in [1.82, 2.24) is 4.98 Å². The van der Waals surface area contributed by atoms with Crippen LogP contribution in [-0.4, -0.2) is 18.1 Å². The number of nitrogens with two attached hydrogens (primary N) is 1. The summed E-state index contributed by atoms with van der Waals surface area (Å²) in [7, 11) is 0. The number of halogens is 1. The predicted molar refractivity (Wildman–Crippen MR) is 75.8 cm³/mol. The second-order valence-electron chi connectivity index (χ2n) is 4.00. The van der Waals surface area contributed by atoms with E-state index in [1.54, 1.807) is 6.20 Å². The van der Waals surface area contributed by atoms with E-state index in [0.29, 0.717) is 11.6 Å². The average molecular weight is 262 g/mol. The number of aromatic nitrogens is 1. The van der Waals surface area contributed by atoms with Crippen LogP contribution >= 0.6 is 11.6 Å². The smallest absolute Gasteiger partial charge is 0.147 e. The molecule has 2 rings (SSSR count). The first-order valence-corrected chi connectivity index (χ1v) is 6.28. The SMILES string of the molecule is NCCN(Cc1ccccc1)c1ncccc1Cl. The first kappa shape index (κ1) is 12.9. The molecule has 0 aliphatic carbocycles. The minimum absolute atomic E-state index is 0.569. The Hall–Kier alpha value is -1.58. The van der Waals surface area contributed by atoms with Crippen LogP contribution in [0.4, 0.5) is 5.82 Å². The maximum absolute atomic E-state index is 6.18. The van der Waals surface area contributed by atoms with Crippen molar-refractivity contribution in [3.63, 3.8) is 0 Å². The van der Waals surface area contributed by atoms with Crippen molar-refractivity contribution in [2.45, 2.75) is 6.54 Å². The van der Waals surface area contributed by atoms with E-state index in [2.05, 4.69) is 22.0 Å². The van der Waals surface area contributed by atoms with Crippen LogP contribution in [0.25, 0.3) is 0 Å². The zero-order valence-electron chi connectivity index (χ0n) is 10.1. The van der Waals surface area contributed by atoms with E-state index in [1.807, 2.05) is 30.3 Å². The van der Waals surface area contributed by atoms with Crippen LogP contribution in [0.5, 0.6) is 0 Å². The Labute approximate surface area is 112 Å². The van der Waals surface area contributed by atoms with Crippen molar-refractivity contribution in [2.24, 2.45) is 5.73 Å². The highest BCUT2D eigenvalue weighted by Gasteiger charge is 2.11. The quantitative estimate of drug-likeness (QED) is 0.900. The summed E-state index contributed by atoms with van der Waals surface area (Å²) in [6.07, 6.45) is 1.75. The summed E-state index contributed by atoms with van der Waals surface area (Å²) in [6.45, 7) is 2.06. The molecular formula is C14H16ClN3. The van der Waals surface area contributed by atoms with E-state index >= 15 is 0 Å². The molecule has 3 nitrogen and oxygen atoms in total. The largest absolute Gasteiger partial charge is 0.350 e. The molecule has 0 atom stereocenters. The van der Waals surface area contributed by atoms with Crippen LogP contribution in [0.3, 0.4) is 0 Å². The fourth-order valence-electron chi connectivity index (χ4n) is 1.83. The molecular weight excluding hydrogens is 246 g/mol. The number of nitrogens with zero attached hydrogens (tertiary/aromatic N) is 2. The number of pyridine rings is 1. The van der Waals surface area contributed by atoms with Gasteiger partial charge in [0.25, 0.3) is 0 Å². The number of hydrogen-bond donors (Lipinski definition) is 1. The zero-order chi connectivity index (χ0) is 12.8. The van der Waals surface area contributed by atoms with E-state index in [4.69, 9.17) is 17.3 Å². The molecule has 0 aliphatic rings. The van der Waals surface area contributed by atoms with E-state index in [9.17, 15) is 0 Å². The molecule has 1 aromatic carbocycles. The molecule has 18 heavy (non-hydrogen) atoms. The first-order chi connectivity index (χ1) is 8.81. The van der Waals surface area contributed by atoms with E-state index in [1.165, 1.54) is 5.56 Å². The molecule has 1 aromatic heterocycles. The lowest BCUT2D eigenvalue weighted by molar-refractivity contribution is 0.776. The summed E-state index contributed by atoms with van der Waals surface area (Å²) in [5.41, 5.74) is 6.87. The maximum atomic E-state index is 6.18. The van der Waals surface area contributed by atoms with Crippen molar-refractivity contribution in [3.8, 4) is 0 Å². The highest BCUT2D eigenvalue weighted by Crippen LogP contribution is 2.23. The first-order valence-electron chi connectivity index (χ1n) is 5.90. The molecule has 2 aromatic rings. The van der Waals surface area contributed by atoms with Gasteiger partial charge in [0, 0.05) is 25.8 Å². The minimum atomic E-state index is 0.569. The van der Waals surface area contributed by atoms with Gasteiger partial charge in [-0.2, -0.15) is 0 Å². The number of rotatable bonds is 5. The fraction of sp³-hybridized carbons (Fsp3) is 0.214. The van der Waals surface area contributed by atoms with Gasteiger partial charge in [0.2, 0.25) is 0 Å². The van der Waals surface area contributed by atoms with Gasteiger partial charge in [0.05, 0.1) is 5.02 Å². The highest BCUT2D eigenvalue weighted by molar-refractivity contribution is 6.32. The molecule has 0 fully saturated rings. The Bertz CT molecular complexity index is 487. The van der Waals surface area contributed by atoms with Crippen molar-refractivity contribution >= 4 is 17.4 Å². The van der Waals surface area contributed by atoms with Crippen LogP contribution in [-0.2, 0) is 6.54 Å². The normalized spacial score (nSPS) is 10.3. The van der Waals surface area contributed by atoms with Gasteiger partial charge in [-0.15, -0.1) is 0 Å². The van der Waals surface area contributed by atoms with Crippen molar-refractivity contribution in [3.05, 3.63) is 59.2 Å². The third-order valence-electron chi connectivity index (χ3n) is 2.65. The second kappa shape index (κ2) is 6.38. The predicted octanol–water partition coefficient (Wildman–Crippen LogP) is 2.70. The van der Waals surface area contributed by atoms with E-state index in [-0.39, 0.29) is 0 Å². The molecule has 0 saturated carbocycles. The van der Waals surface area contributed by atoms with E-state index < -0.39 is 0 Å². The van der Waals surface area contributed by atoms with Gasteiger partial charge >= 0.3 is 0 Å².